The molecular formula is C21H24Cl2N4O2. The number of nitrogens with one attached hydrogen (secondary N) is 1. The summed E-state index contributed by atoms with van der Waals surface area (Å²) in [7, 11) is 0. The molecule has 0 amide bonds. The SMILES string of the molecule is N=c1n(CCN2CCOCC2)c2ccccc2n1C[C@H](O)c1ccc(Cl)c(Cl)c1. The molecule has 1 fully saturated rings. The Morgan fingerprint density at radius 2 is 1.66 bits per heavy atom. The van der Waals surface area contributed by atoms with Crippen LogP contribution in [0.5, 0.6) is 0 Å². The Morgan fingerprint density at radius 3 is 2.34 bits per heavy atom. The predicted molar refractivity (Wildman–Crippen MR) is 114 cm³/mol. The van der Waals surface area contributed by atoms with E-state index < -0.39 is 6.10 Å². The summed E-state index contributed by atoms with van der Waals surface area (Å²) in [5, 5.41) is 20.4. The number of rotatable bonds is 6. The number of imidazole rings is 1. The third kappa shape index (κ3) is 4.37. The number of aliphatic hydroxyl groups is 1. The first kappa shape index (κ1) is 20.4. The molecule has 1 aromatic heterocycles. The van der Waals surface area contributed by atoms with Crippen LogP contribution in [0.25, 0.3) is 11.0 Å². The Balaban J connectivity index is 1.61. The molecule has 0 bridgehead atoms. The first-order valence-electron chi connectivity index (χ1n) is 9.70. The zero-order valence-corrected chi connectivity index (χ0v) is 17.5. The van der Waals surface area contributed by atoms with Gasteiger partial charge < -0.3 is 19.0 Å². The van der Waals surface area contributed by atoms with Crippen LogP contribution in [0.2, 0.25) is 10.0 Å². The number of nitrogens with zero attached hydrogens (tertiary/aromatic N) is 3. The first-order valence-corrected chi connectivity index (χ1v) is 10.5. The van der Waals surface area contributed by atoms with Gasteiger partial charge >= 0.3 is 0 Å². The van der Waals surface area contributed by atoms with Crippen molar-refractivity contribution in [2.75, 3.05) is 32.8 Å². The number of ether oxygens (including phenoxy) is 1. The van der Waals surface area contributed by atoms with Crippen LogP contribution >= 0.6 is 23.2 Å². The average Bonchev–Trinajstić information content (AvgIpc) is 3.00. The van der Waals surface area contributed by atoms with Gasteiger partial charge in [-0.15, -0.1) is 0 Å². The summed E-state index contributed by atoms with van der Waals surface area (Å²) in [6, 6.07) is 13.1. The Bertz CT molecular complexity index is 1060. The summed E-state index contributed by atoms with van der Waals surface area (Å²) in [4.78, 5) is 2.35. The highest BCUT2D eigenvalue weighted by molar-refractivity contribution is 6.42. The molecule has 29 heavy (non-hydrogen) atoms. The van der Waals surface area contributed by atoms with Gasteiger partial charge in [-0.3, -0.25) is 10.3 Å². The minimum absolute atomic E-state index is 0.266. The highest BCUT2D eigenvalue weighted by Crippen LogP contribution is 2.26. The van der Waals surface area contributed by atoms with Gasteiger partial charge in [-0.25, -0.2) is 0 Å². The van der Waals surface area contributed by atoms with Gasteiger partial charge in [-0.05, 0) is 29.8 Å². The second kappa shape index (κ2) is 8.90. The standard InChI is InChI=1S/C21H24Cl2N4O2/c22-16-6-5-15(13-17(16)23)20(28)14-27-19-4-2-1-3-18(19)26(21(27)24)8-7-25-9-11-29-12-10-25/h1-6,13,20,24,28H,7-12,14H2/t20-/m0/s1. The van der Waals surface area contributed by atoms with E-state index in [1.54, 1.807) is 18.2 Å². The Morgan fingerprint density at radius 1 is 0.966 bits per heavy atom. The molecule has 0 spiro atoms. The molecule has 2 N–H and O–H groups in total. The Kier molecular flexibility index (Phi) is 6.27. The second-order valence-electron chi connectivity index (χ2n) is 7.22. The number of morpholine rings is 1. The number of halogens is 2. The summed E-state index contributed by atoms with van der Waals surface area (Å²) >= 11 is 12.1. The summed E-state index contributed by atoms with van der Waals surface area (Å²) in [5.41, 5.74) is 2.97. The number of hydrogen-bond donors (Lipinski definition) is 2. The van der Waals surface area contributed by atoms with Crippen molar-refractivity contribution < 1.29 is 9.84 Å². The second-order valence-corrected chi connectivity index (χ2v) is 8.03. The molecule has 2 aromatic carbocycles. The van der Waals surface area contributed by atoms with Gasteiger partial charge in [0.25, 0.3) is 0 Å². The zero-order chi connectivity index (χ0) is 20.4. The molecule has 2 heterocycles. The number of fused-ring (bicyclic) bond motifs is 1. The maximum Gasteiger partial charge on any atom is 0.203 e. The van der Waals surface area contributed by atoms with Crippen molar-refractivity contribution in [3.63, 3.8) is 0 Å². The molecule has 4 rings (SSSR count). The predicted octanol–water partition coefficient (Wildman–Crippen LogP) is 3.29. The maximum absolute atomic E-state index is 10.8. The molecule has 0 unspecified atom stereocenters. The molecule has 0 radical (unpaired) electrons. The van der Waals surface area contributed by atoms with Crippen LogP contribution in [-0.4, -0.2) is 52.0 Å². The van der Waals surface area contributed by atoms with Crippen LogP contribution < -0.4 is 5.62 Å². The number of aliphatic hydroxyl groups excluding tert-OH is 1. The van der Waals surface area contributed by atoms with Crippen molar-refractivity contribution in [1.29, 1.82) is 5.41 Å². The van der Waals surface area contributed by atoms with Crippen molar-refractivity contribution in [2.45, 2.75) is 19.2 Å². The summed E-state index contributed by atoms with van der Waals surface area (Å²) in [6.07, 6.45) is -0.794. The van der Waals surface area contributed by atoms with E-state index in [4.69, 9.17) is 33.3 Å². The zero-order valence-electron chi connectivity index (χ0n) is 16.0. The monoisotopic (exact) mass is 434 g/mol. The molecule has 0 saturated carbocycles. The van der Waals surface area contributed by atoms with Gasteiger partial charge in [-0.2, -0.15) is 0 Å². The minimum atomic E-state index is -0.794. The first-order chi connectivity index (χ1) is 14.0. The largest absolute Gasteiger partial charge is 0.387 e. The van der Waals surface area contributed by atoms with E-state index in [0.717, 1.165) is 50.4 Å². The van der Waals surface area contributed by atoms with Crippen LogP contribution in [0.15, 0.2) is 42.5 Å². The maximum atomic E-state index is 10.8. The smallest absolute Gasteiger partial charge is 0.203 e. The lowest BCUT2D eigenvalue weighted by Gasteiger charge is -2.26. The lowest BCUT2D eigenvalue weighted by Crippen LogP contribution is -2.39. The highest BCUT2D eigenvalue weighted by Gasteiger charge is 2.17. The van der Waals surface area contributed by atoms with E-state index in [9.17, 15) is 5.11 Å². The van der Waals surface area contributed by atoms with E-state index in [1.165, 1.54) is 0 Å². The van der Waals surface area contributed by atoms with E-state index in [0.29, 0.717) is 21.2 Å². The third-order valence-corrected chi connectivity index (χ3v) is 6.14. The van der Waals surface area contributed by atoms with Crippen LogP contribution in [0.4, 0.5) is 0 Å². The van der Waals surface area contributed by atoms with Crippen LogP contribution in [-0.2, 0) is 17.8 Å². The van der Waals surface area contributed by atoms with Crippen molar-refractivity contribution in [2.24, 2.45) is 0 Å². The van der Waals surface area contributed by atoms with Gasteiger partial charge in [0.1, 0.15) is 0 Å². The Hall–Kier alpha value is -1.83. The van der Waals surface area contributed by atoms with Gasteiger partial charge in [0.2, 0.25) is 5.62 Å². The van der Waals surface area contributed by atoms with E-state index >= 15 is 0 Å². The fourth-order valence-corrected chi connectivity index (χ4v) is 4.08. The molecule has 6 nitrogen and oxygen atoms in total. The van der Waals surface area contributed by atoms with E-state index in [1.807, 2.05) is 33.4 Å². The van der Waals surface area contributed by atoms with E-state index in [-0.39, 0.29) is 6.54 Å². The lowest BCUT2D eigenvalue weighted by atomic mass is 10.1. The molecule has 3 aromatic rings. The molecule has 1 atom stereocenters. The number of aromatic nitrogens is 2. The molecule has 154 valence electrons. The van der Waals surface area contributed by atoms with Gasteiger partial charge in [-0.1, -0.05) is 41.4 Å². The summed E-state index contributed by atoms with van der Waals surface area (Å²) < 4.78 is 9.27. The topological polar surface area (TPSA) is 66.4 Å². The lowest BCUT2D eigenvalue weighted by molar-refractivity contribution is 0.0363. The molecule has 0 aliphatic carbocycles. The van der Waals surface area contributed by atoms with Gasteiger partial charge in [0.15, 0.2) is 0 Å². The molecule has 8 heteroatoms. The normalized spacial score (nSPS) is 16.4. The minimum Gasteiger partial charge on any atom is -0.387 e. The number of hydrogen-bond acceptors (Lipinski definition) is 4. The fraction of sp³-hybridized carbons (Fsp3) is 0.381. The van der Waals surface area contributed by atoms with Crippen molar-refractivity contribution in [1.82, 2.24) is 14.0 Å². The molecule has 1 saturated heterocycles. The summed E-state index contributed by atoms with van der Waals surface area (Å²) in [5.74, 6) is 0. The van der Waals surface area contributed by atoms with Gasteiger partial charge in [0, 0.05) is 26.2 Å². The fourth-order valence-electron chi connectivity index (χ4n) is 3.77. The molecule has 1 aliphatic rings. The van der Waals surface area contributed by atoms with Crippen LogP contribution in [0, 0.1) is 5.41 Å². The highest BCUT2D eigenvalue weighted by atomic mass is 35.5. The third-order valence-electron chi connectivity index (χ3n) is 5.40. The molecule has 1 aliphatic heterocycles. The number of para-hydroxylation sites is 2. The quantitative estimate of drug-likeness (QED) is 0.625. The van der Waals surface area contributed by atoms with Crippen molar-refractivity contribution in [3.05, 3.63) is 63.7 Å². The van der Waals surface area contributed by atoms with Gasteiger partial charge in [0.05, 0.1) is 46.9 Å². The van der Waals surface area contributed by atoms with Crippen LogP contribution in [0.3, 0.4) is 0 Å². The van der Waals surface area contributed by atoms with Crippen molar-refractivity contribution >= 4 is 34.2 Å². The van der Waals surface area contributed by atoms with Crippen LogP contribution in [0.1, 0.15) is 11.7 Å². The van der Waals surface area contributed by atoms with Crippen molar-refractivity contribution in [3.8, 4) is 0 Å². The molecular weight excluding hydrogens is 411 g/mol. The number of benzene rings is 2. The van der Waals surface area contributed by atoms with E-state index in [2.05, 4.69) is 4.90 Å². The summed E-state index contributed by atoms with van der Waals surface area (Å²) in [6.45, 7) is 5.21. The average molecular weight is 435 g/mol. The Labute approximate surface area is 179 Å².